The smallest absolute Gasteiger partial charge is 0.234 e. The maximum Gasteiger partial charge on any atom is 0.234 e. The summed E-state index contributed by atoms with van der Waals surface area (Å²) < 4.78 is 5.29. The van der Waals surface area contributed by atoms with Crippen LogP contribution in [0.2, 0.25) is 0 Å². The summed E-state index contributed by atoms with van der Waals surface area (Å²) in [6.07, 6.45) is 1.94. The Labute approximate surface area is 154 Å². The minimum atomic E-state index is -0.895. The molecule has 7 nitrogen and oxygen atoms in total. The van der Waals surface area contributed by atoms with Crippen molar-refractivity contribution in [2.75, 3.05) is 33.3 Å². The van der Waals surface area contributed by atoms with Crippen LogP contribution < -0.4 is 15.4 Å². The zero-order valence-corrected chi connectivity index (χ0v) is 15.6. The highest BCUT2D eigenvalue weighted by Gasteiger charge is 2.30. The standard InChI is InChI=1S/C19H29N3O4/c1-15(23)21-14-19(25)8-5-10-22(11-9-19)13-18(24)20-12-16-6-3-4-7-17(16)26-2/h3-4,6-7,25H,5,8-14H2,1-2H3,(H,20,24)(H,21,23). The summed E-state index contributed by atoms with van der Waals surface area (Å²) >= 11 is 0. The van der Waals surface area contributed by atoms with Crippen LogP contribution in [0.3, 0.4) is 0 Å². The molecule has 2 rings (SSSR count). The lowest BCUT2D eigenvalue weighted by molar-refractivity contribution is -0.122. The molecule has 0 saturated carbocycles. The largest absolute Gasteiger partial charge is 0.496 e. The van der Waals surface area contributed by atoms with Crippen molar-refractivity contribution >= 4 is 11.8 Å². The van der Waals surface area contributed by atoms with Crippen LogP contribution in [0.15, 0.2) is 24.3 Å². The van der Waals surface area contributed by atoms with Crippen LogP contribution in [0.1, 0.15) is 31.7 Å². The Balaban J connectivity index is 1.79. The van der Waals surface area contributed by atoms with Gasteiger partial charge in [0, 0.05) is 32.1 Å². The number of rotatable bonds is 7. The average Bonchev–Trinajstić information content (AvgIpc) is 2.81. The molecular weight excluding hydrogens is 334 g/mol. The van der Waals surface area contributed by atoms with E-state index in [1.54, 1.807) is 7.11 Å². The highest BCUT2D eigenvalue weighted by Crippen LogP contribution is 2.21. The predicted molar refractivity (Wildman–Crippen MR) is 98.8 cm³/mol. The second kappa shape index (κ2) is 9.54. The summed E-state index contributed by atoms with van der Waals surface area (Å²) in [5.41, 5.74) is 0.0396. The number of likely N-dealkylation sites (tertiary alicyclic amines) is 1. The van der Waals surface area contributed by atoms with E-state index >= 15 is 0 Å². The molecule has 1 saturated heterocycles. The van der Waals surface area contributed by atoms with Crippen LogP contribution in [0, 0.1) is 0 Å². The van der Waals surface area contributed by atoms with Crippen molar-refractivity contribution in [3.05, 3.63) is 29.8 Å². The lowest BCUT2D eigenvalue weighted by atomic mass is 9.95. The van der Waals surface area contributed by atoms with E-state index in [0.29, 0.717) is 32.5 Å². The molecule has 0 bridgehead atoms. The fraction of sp³-hybridized carbons (Fsp3) is 0.579. The van der Waals surface area contributed by atoms with Crippen molar-refractivity contribution in [3.8, 4) is 5.75 Å². The molecule has 0 radical (unpaired) electrons. The Morgan fingerprint density at radius 3 is 2.73 bits per heavy atom. The van der Waals surface area contributed by atoms with E-state index < -0.39 is 5.60 Å². The third-order valence-electron chi connectivity index (χ3n) is 4.71. The van der Waals surface area contributed by atoms with Crippen molar-refractivity contribution < 1.29 is 19.4 Å². The molecule has 1 aliphatic heterocycles. The molecule has 0 spiro atoms. The van der Waals surface area contributed by atoms with Crippen LogP contribution in [-0.4, -0.2) is 60.7 Å². The van der Waals surface area contributed by atoms with Gasteiger partial charge < -0.3 is 20.5 Å². The van der Waals surface area contributed by atoms with Crippen LogP contribution in [-0.2, 0) is 16.1 Å². The number of nitrogens with one attached hydrogen (secondary N) is 2. The molecule has 1 aliphatic rings. The fourth-order valence-electron chi connectivity index (χ4n) is 3.16. The molecular formula is C19H29N3O4. The molecule has 144 valence electrons. The van der Waals surface area contributed by atoms with Crippen molar-refractivity contribution in [2.45, 2.75) is 38.3 Å². The van der Waals surface area contributed by atoms with Gasteiger partial charge in [0.25, 0.3) is 0 Å². The van der Waals surface area contributed by atoms with Gasteiger partial charge in [-0.3, -0.25) is 14.5 Å². The first-order valence-electron chi connectivity index (χ1n) is 9.00. The number of methoxy groups -OCH3 is 1. The molecule has 1 heterocycles. The van der Waals surface area contributed by atoms with Crippen LogP contribution >= 0.6 is 0 Å². The zero-order valence-electron chi connectivity index (χ0n) is 15.6. The first-order valence-corrected chi connectivity index (χ1v) is 9.00. The molecule has 26 heavy (non-hydrogen) atoms. The minimum Gasteiger partial charge on any atom is -0.496 e. The van der Waals surface area contributed by atoms with E-state index in [9.17, 15) is 14.7 Å². The number of carbonyl (C=O) groups excluding carboxylic acids is 2. The average molecular weight is 363 g/mol. The Morgan fingerprint density at radius 1 is 1.23 bits per heavy atom. The quantitative estimate of drug-likeness (QED) is 0.662. The second-order valence-electron chi connectivity index (χ2n) is 6.85. The van der Waals surface area contributed by atoms with E-state index in [-0.39, 0.29) is 18.4 Å². The van der Waals surface area contributed by atoms with E-state index in [1.165, 1.54) is 6.92 Å². The lowest BCUT2D eigenvalue weighted by Gasteiger charge is -2.27. The van der Waals surface area contributed by atoms with E-state index in [0.717, 1.165) is 24.3 Å². The Bertz CT molecular complexity index is 623. The number of nitrogens with zero attached hydrogens (tertiary/aromatic N) is 1. The van der Waals surface area contributed by atoms with Gasteiger partial charge in [0.2, 0.25) is 11.8 Å². The number of hydrogen-bond acceptors (Lipinski definition) is 5. The Kier molecular flexibility index (Phi) is 7.41. The molecule has 0 aliphatic carbocycles. The van der Waals surface area contributed by atoms with Crippen molar-refractivity contribution in [1.82, 2.24) is 15.5 Å². The van der Waals surface area contributed by atoms with Crippen molar-refractivity contribution in [3.63, 3.8) is 0 Å². The van der Waals surface area contributed by atoms with Gasteiger partial charge >= 0.3 is 0 Å². The number of carbonyl (C=O) groups is 2. The Morgan fingerprint density at radius 2 is 2.00 bits per heavy atom. The maximum atomic E-state index is 12.3. The van der Waals surface area contributed by atoms with Gasteiger partial charge in [-0.15, -0.1) is 0 Å². The molecule has 0 aromatic heterocycles. The number of aliphatic hydroxyl groups is 1. The van der Waals surface area contributed by atoms with Gasteiger partial charge in [-0.05, 0) is 31.9 Å². The normalized spacial score (nSPS) is 20.9. The minimum absolute atomic E-state index is 0.0526. The number of benzene rings is 1. The van der Waals surface area contributed by atoms with E-state index in [4.69, 9.17) is 4.74 Å². The molecule has 1 unspecified atom stereocenters. The molecule has 1 fully saturated rings. The van der Waals surface area contributed by atoms with Crippen LogP contribution in [0.5, 0.6) is 5.75 Å². The van der Waals surface area contributed by atoms with Crippen molar-refractivity contribution in [2.24, 2.45) is 0 Å². The van der Waals surface area contributed by atoms with Gasteiger partial charge in [-0.1, -0.05) is 18.2 Å². The molecule has 2 amide bonds. The first-order chi connectivity index (χ1) is 12.4. The first kappa shape index (κ1) is 20.2. The SMILES string of the molecule is COc1ccccc1CNC(=O)CN1CCCC(O)(CNC(C)=O)CC1. The highest BCUT2D eigenvalue weighted by molar-refractivity contribution is 5.78. The van der Waals surface area contributed by atoms with Gasteiger partial charge in [-0.25, -0.2) is 0 Å². The summed E-state index contributed by atoms with van der Waals surface area (Å²) in [4.78, 5) is 25.4. The summed E-state index contributed by atoms with van der Waals surface area (Å²) in [6, 6.07) is 7.59. The van der Waals surface area contributed by atoms with Gasteiger partial charge in [-0.2, -0.15) is 0 Å². The topological polar surface area (TPSA) is 90.9 Å². The third-order valence-corrected chi connectivity index (χ3v) is 4.71. The van der Waals surface area contributed by atoms with Gasteiger partial charge in [0.15, 0.2) is 0 Å². The van der Waals surface area contributed by atoms with E-state index in [2.05, 4.69) is 10.6 Å². The number of para-hydroxylation sites is 1. The summed E-state index contributed by atoms with van der Waals surface area (Å²) in [5.74, 6) is 0.559. The fourth-order valence-corrected chi connectivity index (χ4v) is 3.16. The Hall–Kier alpha value is -2.12. The molecule has 1 aromatic rings. The maximum absolute atomic E-state index is 12.3. The molecule has 1 atom stereocenters. The molecule has 1 aromatic carbocycles. The van der Waals surface area contributed by atoms with Gasteiger partial charge in [0.05, 0.1) is 19.3 Å². The highest BCUT2D eigenvalue weighted by atomic mass is 16.5. The number of amides is 2. The summed E-state index contributed by atoms with van der Waals surface area (Å²) in [5, 5.41) is 16.2. The van der Waals surface area contributed by atoms with Crippen LogP contribution in [0.4, 0.5) is 0 Å². The second-order valence-corrected chi connectivity index (χ2v) is 6.85. The molecule has 3 N–H and O–H groups in total. The number of ether oxygens (including phenoxy) is 1. The monoisotopic (exact) mass is 363 g/mol. The summed E-state index contributed by atoms with van der Waals surface area (Å²) in [7, 11) is 1.61. The van der Waals surface area contributed by atoms with Crippen LogP contribution in [0.25, 0.3) is 0 Å². The van der Waals surface area contributed by atoms with E-state index in [1.807, 2.05) is 29.2 Å². The lowest BCUT2D eigenvalue weighted by Crippen LogP contribution is -2.43. The predicted octanol–water partition coefficient (Wildman–Crippen LogP) is 0.665. The van der Waals surface area contributed by atoms with Gasteiger partial charge in [0.1, 0.15) is 5.75 Å². The summed E-state index contributed by atoms with van der Waals surface area (Å²) in [6.45, 7) is 3.80. The third kappa shape index (κ3) is 6.31. The molecule has 7 heteroatoms. The number of hydrogen-bond donors (Lipinski definition) is 3. The zero-order chi connectivity index (χ0) is 19.0. The van der Waals surface area contributed by atoms with Crippen molar-refractivity contribution in [1.29, 1.82) is 0 Å².